The SMILES string of the molecule is CC[C@H]1OC(=O)[C@@](C)(F)C(=O)[C@H](C)[C@@H](O[C@@H]2O[C@H](C)C[C@H](N(C)C)[C@H]2O)[C@](C)(OC)C[C@@H](C)C(=O)[C@H](C)C2N(CCCCn3cnc(C4C=NC=CC4)c3)C(=O)O[C@@]21C. The summed E-state index contributed by atoms with van der Waals surface area (Å²) in [7, 11) is 5.06. The molecule has 14 atom stereocenters. The third-order valence-corrected chi connectivity index (χ3v) is 13.1. The predicted octanol–water partition coefficient (Wildman–Crippen LogP) is 5.03. The fraction of sp³-hybridized carbons (Fsp3) is 0.767. The second-order valence-corrected chi connectivity index (χ2v) is 17.9. The van der Waals surface area contributed by atoms with E-state index in [0.29, 0.717) is 25.8 Å². The van der Waals surface area contributed by atoms with Crippen LogP contribution < -0.4 is 0 Å². The number of rotatable bonds is 11. The van der Waals surface area contributed by atoms with Crippen molar-refractivity contribution in [1.82, 2.24) is 19.4 Å². The third kappa shape index (κ3) is 9.51. The largest absolute Gasteiger partial charge is 0.455 e. The van der Waals surface area contributed by atoms with Crippen molar-refractivity contribution in [2.24, 2.45) is 22.7 Å². The highest BCUT2D eigenvalue weighted by atomic mass is 19.1. The summed E-state index contributed by atoms with van der Waals surface area (Å²) >= 11 is 0. The van der Waals surface area contributed by atoms with Crippen LogP contribution in [-0.4, -0.2) is 142 Å². The van der Waals surface area contributed by atoms with Gasteiger partial charge in [-0.1, -0.05) is 33.8 Å². The van der Waals surface area contributed by atoms with Gasteiger partial charge < -0.3 is 43.2 Å². The number of unbranched alkanes of at least 4 members (excludes halogenated alkanes) is 1. The van der Waals surface area contributed by atoms with Crippen LogP contribution in [0.5, 0.6) is 0 Å². The van der Waals surface area contributed by atoms with Crippen molar-refractivity contribution in [1.29, 1.82) is 0 Å². The van der Waals surface area contributed by atoms with E-state index < -0.39 is 83.1 Å². The molecule has 0 radical (unpaired) electrons. The van der Waals surface area contributed by atoms with Gasteiger partial charge in [0.2, 0.25) is 0 Å². The first-order valence-electron chi connectivity index (χ1n) is 21.1. The Morgan fingerprint density at radius 1 is 1.05 bits per heavy atom. The molecule has 3 saturated heterocycles. The van der Waals surface area contributed by atoms with Gasteiger partial charge in [0.05, 0.1) is 35.9 Å². The number of Topliss-reactive ketones (excluding diaryl/α,β-unsaturated/α-hetero) is 2. The Labute approximate surface area is 348 Å². The maximum atomic E-state index is 16.9. The first-order chi connectivity index (χ1) is 27.7. The van der Waals surface area contributed by atoms with Crippen LogP contribution in [0.4, 0.5) is 9.18 Å². The van der Waals surface area contributed by atoms with Gasteiger partial charge in [-0.15, -0.1) is 0 Å². The lowest BCUT2D eigenvalue weighted by atomic mass is 9.73. The van der Waals surface area contributed by atoms with Crippen LogP contribution in [0.3, 0.4) is 0 Å². The second-order valence-electron chi connectivity index (χ2n) is 17.9. The number of cyclic esters (lactones) is 1. The number of carbonyl (C=O) groups is 4. The number of aryl methyl sites for hydroxylation is 1. The van der Waals surface area contributed by atoms with Gasteiger partial charge in [0.1, 0.15) is 18.0 Å². The molecule has 4 aliphatic heterocycles. The number of ketones is 2. The molecule has 59 heavy (non-hydrogen) atoms. The van der Waals surface area contributed by atoms with Crippen molar-refractivity contribution < 1.29 is 52.4 Å². The third-order valence-electron chi connectivity index (χ3n) is 13.1. The minimum absolute atomic E-state index is 0.00320. The number of imidazole rings is 1. The van der Waals surface area contributed by atoms with E-state index in [-0.39, 0.29) is 43.2 Å². The summed E-state index contributed by atoms with van der Waals surface area (Å²) in [6.45, 7) is 13.4. The minimum atomic E-state index is -3.17. The molecule has 0 saturated carbocycles. The highest BCUT2D eigenvalue weighted by molar-refractivity contribution is 6.08. The number of esters is 1. The van der Waals surface area contributed by atoms with E-state index in [1.54, 1.807) is 47.1 Å². The maximum Gasteiger partial charge on any atom is 0.410 e. The predicted molar refractivity (Wildman–Crippen MR) is 216 cm³/mol. The van der Waals surface area contributed by atoms with Gasteiger partial charge in [0, 0.05) is 68.5 Å². The summed E-state index contributed by atoms with van der Waals surface area (Å²) in [6.07, 6.45) is 6.16. The molecule has 1 aromatic rings. The summed E-state index contributed by atoms with van der Waals surface area (Å²) in [4.78, 5) is 68.9. The molecule has 0 aliphatic carbocycles. The molecule has 5 heterocycles. The number of ether oxygens (including phenoxy) is 5. The molecule has 0 bridgehead atoms. The van der Waals surface area contributed by atoms with Gasteiger partial charge in [-0.25, -0.2) is 19.0 Å². The molecule has 330 valence electrons. The average molecular weight is 832 g/mol. The lowest BCUT2D eigenvalue weighted by molar-refractivity contribution is -0.295. The molecule has 3 fully saturated rings. The topological polar surface area (TPSA) is 171 Å². The van der Waals surface area contributed by atoms with E-state index in [2.05, 4.69) is 9.98 Å². The number of carbonyl (C=O) groups excluding carboxylic acids is 4. The molecule has 1 N–H and O–H groups in total. The lowest BCUT2D eigenvalue weighted by Crippen LogP contribution is -2.61. The van der Waals surface area contributed by atoms with Crippen molar-refractivity contribution in [3.63, 3.8) is 0 Å². The van der Waals surface area contributed by atoms with E-state index in [9.17, 15) is 24.3 Å². The van der Waals surface area contributed by atoms with Crippen LogP contribution >= 0.6 is 0 Å². The minimum Gasteiger partial charge on any atom is -0.455 e. The van der Waals surface area contributed by atoms with Gasteiger partial charge in [0.25, 0.3) is 5.67 Å². The van der Waals surface area contributed by atoms with Gasteiger partial charge >= 0.3 is 12.1 Å². The highest BCUT2D eigenvalue weighted by Gasteiger charge is 2.61. The molecular formula is C43H66FN5O10. The number of likely N-dealkylation sites (N-methyl/N-ethyl adjacent to an activating group) is 1. The summed E-state index contributed by atoms with van der Waals surface area (Å²) in [5.41, 5.74) is -5.28. The van der Waals surface area contributed by atoms with Gasteiger partial charge in [0.15, 0.2) is 17.7 Å². The van der Waals surface area contributed by atoms with Crippen LogP contribution in [-0.2, 0) is 44.6 Å². The highest BCUT2D eigenvalue weighted by Crippen LogP contribution is 2.44. The molecular weight excluding hydrogens is 765 g/mol. The lowest BCUT2D eigenvalue weighted by Gasteiger charge is -2.47. The van der Waals surface area contributed by atoms with Crippen molar-refractivity contribution in [3.05, 3.63) is 30.5 Å². The van der Waals surface area contributed by atoms with Crippen LogP contribution in [0, 0.1) is 17.8 Å². The number of methoxy groups -OCH3 is 1. The second kappa shape index (κ2) is 18.6. The monoisotopic (exact) mass is 831 g/mol. The Hall–Kier alpha value is -3.57. The number of fused-ring (bicyclic) bond motifs is 1. The first-order valence-corrected chi connectivity index (χ1v) is 21.1. The quantitative estimate of drug-likeness (QED) is 0.180. The van der Waals surface area contributed by atoms with Crippen LogP contribution in [0.2, 0.25) is 0 Å². The Kier molecular flexibility index (Phi) is 14.6. The molecule has 0 aromatic carbocycles. The van der Waals surface area contributed by atoms with Gasteiger partial charge in [-0.3, -0.25) is 14.6 Å². The van der Waals surface area contributed by atoms with E-state index >= 15 is 4.39 Å². The van der Waals surface area contributed by atoms with Crippen molar-refractivity contribution in [2.45, 2.75) is 166 Å². The van der Waals surface area contributed by atoms with E-state index in [1.807, 2.05) is 49.0 Å². The number of halogens is 1. The zero-order valence-corrected chi connectivity index (χ0v) is 36.6. The summed E-state index contributed by atoms with van der Waals surface area (Å²) in [5, 5.41) is 11.4. The zero-order chi connectivity index (χ0) is 43.6. The Morgan fingerprint density at radius 2 is 1.75 bits per heavy atom. The zero-order valence-electron chi connectivity index (χ0n) is 36.6. The average Bonchev–Trinajstić information content (AvgIpc) is 3.78. The maximum absolute atomic E-state index is 16.9. The number of hydrogen-bond acceptors (Lipinski definition) is 13. The molecule has 0 spiro atoms. The van der Waals surface area contributed by atoms with Crippen molar-refractivity contribution in [3.8, 4) is 0 Å². The molecule has 5 rings (SSSR count). The fourth-order valence-electron chi connectivity index (χ4n) is 9.66. The van der Waals surface area contributed by atoms with Gasteiger partial charge in [-0.05, 0) is 80.3 Å². The van der Waals surface area contributed by atoms with E-state index in [1.165, 1.54) is 18.9 Å². The molecule has 1 amide bonds. The number of aromatic nitrogens is 2. The number of hydrogen-bond donors (Lipinski definition) is 1. The fourth-order valence-corrected chi connectivity index (χ4v) is 9.66. The van der Waals surface area contributed by atoms with Crippen LogP contribution in [0.1, 0.15) is 106 Å². The number of aliphatic hydroxyl groups is 1. The van der Waals surface area contributed by atoms with Crippen LogP contribution in [0.25, 0.3) is 0 Å². The number of alkyl halides is 1. The Bertz CT molecular complexity index is 1730. The summed E-state index contributed by atoms with van der Waals surface area (Å²) in [5.74, 6) is -5.64. The number of amides is 1. The number of allylic oxidation sites excluding steroid dienone is 1. The first kappa shape index (κ1) is 46.5. The molecule has 4 aliphatic rings. The molecule has 15 nitrogen and oxygen atoms in total. The number of aliphatic hydroxyl groups excluding tert-OH is 1. The van der Waals surface area contributed by atoms with Gasteiger partial charge in [-0.2, -0.15) is 0 Å². The van der Waals surface area contributed by atoms with E-state index in [4.69, 9.17) is 23.7 Å². The Morgan fingerprint density at radius 3 is 2.37 bits per heavy atom. The van der Waals surface area contributed by atoms with Crippen molar-refractivity contribution >= 4 is 29.8 Å². The summed E-state index contributed by atoms with van der Waals surface area (Å²) in [6, 6.07) is -1.27. The van der Waals surface area contributed by atoms with E-state index in [0.717, 1.165) is 19.0 Å². The Balaban J connectivity index is 1.45. The number of aliphatic imine (C=N–C) groups is 1. The smallest absolute Gasteiger partial charge is 0.410 e. The van der Waals surface area contributed by atoms with Crippen LogP contribution in [0.15, 0.2) is 29.8 Å². The normalized spacial score (nSPS) is 39.9. The van der Waals surface area contributed by atoms with Crippen molar-refractivity contribution in [2.75, 3.05) is 27.7 Å². The molecule has 16 heteroatoms. The number of nitrogens with zero attached hydrogens (tertiary/aromatic N) is 5. The summed E-state index contributed by atoms with van der Waals surface area (Å²) < 4.78 is 49.5. The standard InChI is InChI=1S/C43H66FN5O10/c1-12-32-43(8)35(49(40(54)59-43)19-14-13-18-48-23-30(46-24-48)29-16-15-17-45-22-29)27(4)33(50)25(2)21-41(6,55-11)37(28(5)36(52)42(7,44)39(53)57-32)58-38-34(51)31(47(9)10)20-26(3)56-38/h15,17,22-29,31-32,34-35,37-38,51H,12-14,16,18-21H2,1-11H3/t25-,26-,27+,28+,29?,31+,32-,34-,35?,37-,38+,41-,42+,43-/m1/s1. The molecule has 2 unspecified atom stereocenters. The molecule has 1 aromatic heterocycles.